The van der Waals surface area contributed by atoms with Crippen molar-refractivity contribution in [1.29, 1.82) is 0 Å². The molecule has 0 unspecified atom stereocenters. The van der Waals surface area contributed by atoms with Gasteiger partial charge in [-0.2, -0.15) is 0 Å². The van der Waals surface area contributed by atoms with E-state index in [1.807, 2.05) is 30.3 Å². The second-order valence-electron chi connectivity index (χ2n) is 6.80. The first-order valence-electron chi connectivity index (χ1n) is 8.59. The predicted octanol–water partition coefficient (Wildman–Crippen LogP) is 0.839. The van der Waals surface area contributed by atoms with Crippen LogP contribution in [0.15, 0.2) is 30.3 Å². The summed E-state index contributed by atoms with van der Waals surface area (Å²) >= 11 is 0. The molecule has 3 fully saturated rings. The van der Waals surface area contributed by atoms with Crippen LogP contribution in [0.2, 0.25) is 0 Å². The van der Waals surface area contributed by atoms with E-state index < -0.39 is 12.1 Å². The van der Waals surface area contributed by atoms with Crippen molar-refractivity contribution in [2.45, 2.75) is 37.6 Å². The predicted molar refractivity (Wildman–Crippen MR) is 88.4 cm³/mol. The third kappa shape index (κ3) is 2.59. The Balaban J connectivity index is 1.47. The van der Waals surface area contributed by atoms with Crippen LogP contribution < -0.4 is 0 Å². The highest BCUT2D eigenvalue weighted by Crippen LogP contribution is 2.32. The number of carbonyl (C=O) groups is 3. The summed E-state index contributed by atoms with van der Waals surface area (Å²) in [5.41, 5.74) is 1.04. The third-order valence-electron chi connectivity index (χ3n) is 5.37. The Labute approximate surface area is 146 Å². The van der Waals surface area contributed by atoms with E-state index in [2.05, 4.69) is 0 Å². The average molecular weight is 343 g/mol. The maximum Gasteiger partial charge on any atom is 0.328 e. The Bertz CT molecular complexity index is 684. The Hall–Kier alpha value is -2.41. The smallest absolute Gasteiger partial charge is 0.328 e. The number of hydrogen-bond acceptors (Lipinski definition) is 4. The fourth-order valence-corrected chi connectivity index (χ4v) is 4.02. The van der Waals surface area contributed by atoms with E-state index in [1.165, 1.54) is 4.90 Å². The fraction of sp³-hybridized carbons (Fsp3) is 0.500. The number of hydrogen-bond donors (Lipinski definition) is 0. The summed E-state index contributed by atoms with van der Waals surface area (Å²) in [6.45, 7) is 1.48. The number of ether oxygens (including phenoxy) is 1. The van der Waals surface area contributed by atoms with E-state index in [1.54, 1.807) is 16.9 Å². The fourth-order valence-electron chi connectivity index (χ4n) is 4.02. The van der Waals surface area contributed by atoms with Gasteiger partial charge in [0.1, 0.15) is 12.1 Å². The molecule has 1 aromatic carbocycles. The lowest BCUT2D eigenvalue weighted by Crippen LogP contribution is -2.46. The Morgan fingerprint density at radius 1 is 1.08 bits per heavy atom. The number of nitrogens with zero attached hydrogens (tertiary/aromatic N) is 3. The third-order valence-corrected chi connectivity index (χ3v) is 5.37. The van der Waals surface area contributed by atoms with Gasteiger partial charge in [0.2, 0.25) is 5.91 Å². The highest BCUT2D eigenvalue weighted by molar-refractivity contribution is 6.08. The summed E-state index contributed by atoms with van der Waals surface area (Å²) in [6.07, 6.45) is 0.901. The number of carbonyl (C=O) groups excluding carboxylic acids is 3. The molecule has 3 aliphatic heterocycles. The molecule has 4 amide bonds. The largest absolute Gasteiger partial charge is 0.380 e. The molecule has 0 radical (unpaired) electrons. The van der Waals surface area contributed by atoms with Crippen molar-refractivity contribution in [3.63, 3.8) is 0 Å². The first kappa shape index (κ1) is 16.1. The summed E-state index contributed by atoms with van der Waals surface area (Å²) in [5, 5.41) is 0. The lowest BCUT2D eigenvalue weighted by molar-refractivity contribution is -0.138. The molecule has 132 valence electrons. The van der Waals surface area contributed by atoms with Crippen LogP contribution in [0.25, 0.3) is 0 Å². The minimum atomic E-state index is -0.671. The Morgan fingerprint density at radius 2 is 1.84 bits per heavy atom. The van der Waals surface area contributed by atoms with Gasteiger partial charge in [-0.15, -0.1) is 0 Å². The van der Waals surface area contributed by atoms with Crippen LogP contribution in [0.1, 0.15) is 18.4 Å². The number of rotatable bonds is 4. The van der Waals surface area contributed by atoms with E-state index in [0.717, 1.165) is 5.56 Å². The molecule has 3 aliphatic rings. The molecule has 1 aromatic rings. The first-order valence-corrected chi connectivity index (χ1v) is 8.59. The standard InChI is InChI=1S/C18H21N3O4/c1-25-13-9-15-17(23)21(18(24)20(15)11-13)14-7-8-19(16(14)22)10-12-5-3-2-4-6-12/h2-6,13-15H,7-11H2,1H3/t13-,14-,15-/m1/s1. The van der Waals surface area contributed by atoms with Crippen molar-refractivity contribution in [2.24, 2.45) is 0 Å². The highest BCUT2D eigenvalue weighted by atomic mass is 16.5. The maximum absolute atomic E-state index is 12.8. The zero-order valence-corrected chi connectivity index (χ0v) is 14.1. The van der Waals surface area contributed by atoms with E-state index in [0.29, 0.717) is 32.5 Å². The van der Waals surface area contributed by atoms with Gasteiger partial charge >= 0.3 is 6.03 Å². The van der Waals surface area contributed by atoms with Gasteiger partial charge in [0.05, 0.1) is 6.10 Å². The molecule has 0 aliphatic carbocycles. The second kappa shape index (κ2) is 6.15. The van der Waals surface area contributed by atoms with Crippen LogP contribution >= 0.6 is 0 Å². The van der Waals surface area contributed by atoms with Crippen LogP contribution in [-0.2, 0) is 20.9 Å². The van der Waals surface area contributed by atoms with Gasteiger partial charge in [0.25, 0.3) is 5.91 Å². The summed E-state index contributed by atoms with van der Waals surface area (Å²) in [5.74, 6) is -0.403. The molecule has 4 rings (SSSR count). The van der Waals surface area contributed by atoms with Crippen LogP contribution in [0.5, 0.6) is 0 Å². The number of methoxy groups -OCH3 is 1. The first-order chi connectivity index (χ1) is 12.1. The lowest BCUT2D eigenvalue weighted by Gasteiger charge is -2.23. The number of urea groups is 1. The number of likely N-dealkylation sites (tertiary alicyclic amines) is 1. The zero-order chi connectivity index (χ0) is 17.6. The minimum Gasteiger partial charge on any atom is -0.380 e. The van der Waals surface area contributed by atoms with Gasteiger partial charge < -0.3 is 14.5 Å². The van der Waals surface area contributed by atoms with Gasteiger partial charge in [0, 0.05) is 33.2 Å². The molecule has 0 N–H and O–H groups in total. The SMILES string of the molecule is CO[C@@H]1C[C@@H]2C(=O)N([C@@H]3CCN(Cc4ccccc4)C3=O)C(=O)N2C1. The zero-order valence-electron chi connectivity index (χ0n) is 14.1. The molecule has 0 aromatic heterocycles. The quantitative estimate of drug-likeness (QED) is 0.760. The maximum atomic E-state index is 12.8. The van der Waals surface area contributed by atoms with Crippen molar-refractivity contribution in [1.82, 2.24) is 14.7 Å². The van der Waals surface area contributed by atoms with Crippen molar-refractivity contribution in [3.8, 4) is 0 Å². The van der Waals surface area contributed by atoms with Crippen LogP contribution in [0.3, 0.4) is 0 Å². The topological polar surface area (TPSA) is 70.2 Å². The lowest BCUT2D eigenvalue weighted by atomic mass is 10.1. The Kier molecular flexibility index (Phi) is 3.95. The molecule has 0 spiro atoms. The van der Waals surface area contributed by atoms with Gasteiger partial charge in [-0.05, 0) is 12.0 Å². The summed E-state index contributed by atoms with van der Waals surface area (Å²) in [4.78, 5) is 42.6. The van der Waals surface area contributed by atoms with Crippen molar-refractivity contribution < 1.29 is 19.1 Å². The van der Waals surface area contributed by atoms with Gasteiger partial charge in [-0.3, -0.25) is 9.59 Å². The van der Waals surface area contributed by atoms with Crippen molar-refractivity contribution >= 4 is 17.8 Å². The number of fused-ring (bicyclic) bond motifs is 1. The van der Waals surface area contributed by atoms with Crippen LogP contribution in [0, 0.1) is 0 Å². The highest BCUT2D eigenvalue weighted by Gasteiger charge is 2.55. The molecule has 7 nitrogen and oxygen atoms in total. The molecule has 7 heteroatoms. The van der Waals surface area contributed by atoms with E-state index in [-0.39, 0.29) is 23.9 Å². The van der Waals surface area contributed by atoms with E-state index >= 15 is 0 Å². The summed E-state index contributed by atoms with van der Waals surface area (Å²) in [6, 6.07) is 8.23. The Morgan fingerprint density at radius 3 is 2.52 bits per heavy atom. The van der Waals surface area contributed by atoms with Gasteiger partial charge in [-0.25, -0.2) is 9.69 Å². The molecular weight excluding hydrogens is 322 g/mol. The van der Waals surface area contributed by atoms with E-state index in [9.17, 15) is 14.4 Å². The van der Waals surface area contributed by atoms with Crippen LogP contribution in [-0.4, -0.2) is 70.9 Å². The number of benzene rings is 1. The van der Waals surface area contributed by atoms with Crippen molar-refractivity contribution in [2.75, 3.05) is 20.2 Å². The van der Waals surface area contributed by atoms with Gasteiger partial charge in [0.15, 0.2) is 0 Å². The summed E-state index contributed by atoms with van der Waals surface area (Å²) < 4.78 is 5.27. The number of imide groups is 1. The molecule has 0 bridgehead atoms. The second-order valence-corrected chi connectivity index (χ2v) is 6.80. The molecule has 3 saturated heterocycles. The summed E-state index contributed by atoms with van der Waals surface area (Å²) in [7, 11) is 1.58. The molecule has 25 heavy (non-hydrogen) atoms. The molecule has 3 heterocycles. The van der Waals surface area contributed by atoms with E-state index in [4.69, 9.17) is 4.74 Å². The average Bonchev–Trinajstić information content (AvgIpc) is 3.26. The molecule has 0 saturated carbocycles. The van der Waals surface area contributed by atoms with Gasteiger partial charge in [-0.1, -0.05) is 30.3 Å². The number of amides is 4. The monoisotopic (exact) mass is 343 g/mol. The minimum absolute atomic E-state index is 0.103. The normalized spacial score (nSPS) is 29.1. The van der Waals surface area contributed by atoms with Crippen molar-refractivity contribution in [3.05, 3.63) is 35.9 Å². The molecular formula is C18H21N3O4. The molecule has 3 atom stereocenters. The van der Waals surface area contributed by atoms with Crippen LogP contribution in [0.4, 0.5) is 4.79 Å².